The Balaban J connectivity index is 1.33. The summed E-state index contributed by atoms with van der Waals surface area (Å²) >= 11 is 3.86. The van der Waals surface area contributed by atoms with E-state index in [0.29, 0.717) is 17.1 Å². The second-order valence-corrected chi connectivity index (χ2v) is 14.9. The predicted molar refractivity (Wildman–Crippen MR) is 176 cm³/mol. The van der Waals surface area contributed by atoms with Crippen LogP contribution in [0.15, 0.2) is 63.2 Å². The number of nitrogens with zero attached hydrogens (tertiary/aromatic N) is 4. The molecule has 0 bridgehead atoms. The number of pyridine rings is 1. The van der Waals surface area contributed by atoms with Crippen molar-refractivity contribution in [1.82, 2.24) is 20.2 Å². The fraction of sp³-hybridized carbons (Fsp3) is 0.367. The van der Waals surface area contributed by atoms with Gasteiger partial charge in [-0.25, -0.2) is 14.6 Å². The molecule has 2 aliphatic rings. The van der Waals surface area contributed by atoms with Gasteiger partial charge in [-0.15, -0.1) is 34.9 Å². The monoisotopic (exact) mass is 684 g/mol. The van der Waals surface area contributed by atoms with E-state index >= 15 is 0 Å². The number of thiazole rings is 1. The second-order valence-electron chi connectivity index (χ2n) is 11.9. The average molecular weight is 685 g/mol. The molecule has 1 fully saturated rings. The topological polar surface area (TPSA) is 186 Å². The molecular formula is C30H32N6O7S3. The number of carbonyl (C=O) groups is 4. The molecule has 1 saturated heterocycles. The van der Waals surface area contributed by atoms with Gasteiger partial charge in [0.05, 0.1) is 5.52 Å². The number of carbonyl (C=O) groups excluding carboxylic acids is 3. The van der Waals surface area contributed by atoms with Crippen molar-refractivity contribution in [3.05, 3.63) is 58.9 Å². The first-order valence-electron chi connectivity index (χ1n) is 14.0. The van der Waals surface area contributed by atoms with Gasteiger partial charge in [-0.1, -0.05) is 23.4 Å². The van der Waals surface area contributed by atoms with E-state index in [4.69, 9.17) is 15.3 Å². The minimum absolute atomic E-state index is 0.0771. The number of nitrogen functional groups attached to an aromatic ring is 1. The third-order valence-electron chi connectivity index (χ3n) is 6.77. The number of carboxylic acid groups (broad SMARTS) is 1. The van der Waals surface area contributed by atoms with Crippen LogP contribution in [-0.4, -0.2) is 83.6 Å². The van der Waals surface area contributed by atoms with Crippen LogP contribution in [0.25, 0.3) is 10.9 Å². The molecule has 13 nitrogen and oxygen atoms in total. The zero-order valence-corrected chi connectivity index (χ0v) is 28.0. The molecule has 2 unspecified atom stereocenters. The van der Waals surface area contributed by atoms with Gasteiger partial charge in [0.15, 0.2) is 10.8 Å². The molecule has 2 aliphatic heterocycles. The predicted octanol–water partition coefficient (Wildman–Crippen LogP) is 3.65. The van der Waals surface area contributed by atoms with Gasteiger partial charge >= 0.3 is 11.9 Å². The van der Waals surface area contributed by atoms with E-state index in [1.54, 1.807) is 27.0 Å². The van der Waals surface area contributed by atoms with Gasteiger partial charge in [0.25, 0.3) is 11.8 Å². The van der Waals surface area contributed by atoms with Crippen LogP contribution in [-0.2, 0) is 28.8 Å². The number of nitrogens with one attached hydrogen (secondary N) is 1. The van der Waals surface area contributed by atoms with Crippen LogP contribution >= 0.6 is 34.9 Å². The number of aliphatic carboxylic acids is 1. The maximum atomic E-state index is 13.5. The number of ether oxygens (including phenoxy) is 1. The van der Waals surface area contributed by atoms with Gasteiger partial charge in [-0.05, 0) is 52.3 Å². The summed E-state index contributed by atoms with van der Waals surface area (Å²) < 4.78 is 5.39. The van der Waals surface area contributed by atoms with E-state index in [0.717, 1.165) is 27.1 Å². The summed E-state index contributed by atoms with van der Waals surface area (Å²) in [5.74, 6) is -2.65. The van der Waals surface area contributed by atoms with Crippen LogP contribution in [0.2, 0.25) is 0 Å². The molecule has 4 heterocycles. The summed E-state index contributed by atoms with van der Waals surface area (Å²) in [7, 11) is 0. The van der Waals surface area contributed by atoms with Gasteiger partial charge < -0.3 is 25.7 Å². The van der Waals surface area contributed by atoms with Crippen molar-refractivity contribution in [2.24, 2.45) is 5.16 Å². The molecule has 46 heavy (non-hydrogen) atoms. The summed E-state index contributed by atoms with van der Waals surface area (Å²) in [6.45, 7) is 8.00. The van der Waals surface area contributed by atoms with Crippen molar-refractivity contribution in [2.45, 2.75) is 62.1 Å². The molecule has 0 aliphatic carbocycles. The summed E-state index contributed by atoms with van der Waals surface area (Å²) in [6.07, 6.45) is 1.70. The normalized spacial score (nSPS) is 18.6. The number of oxime groups is 1. The lowest BCUT2D eigenvalue weighted by Gasteiger charge is -2.49. The Morgan fingerprint density at radius 2 is 1.93 bits per heavy atom. The van der Waals surface area contributed by atoms with Gasteiger partial charge in [-0.2, -0.15) is 0 Å². The highest BCUT2D eigenvalue weighted by Gasteiger charge is 2.54. The SMILES string of the molecule is CC(C)(C)OC(=O)C(C)(C)O/N=C(\C(=O)NC1C(=O)N2C(C(=O)O)=C(CSc3cccc4cccnc34)CSC12)c1csc(N)n1. The Labute approximate surface area is 277 Å². The molecule has 2 aromatic heterocycles. The van der Waals surface area contributed by atoms with E-state index in [1.807, 2.05) is 30.3 Å². The number of anilines is 1. The fourth-order valence-electron chi connectivity index (χ4n) is 4.56. The minimum atomic E-state index is -1.57. The summed E-state index contributed by atoms with van der Waals surface area (Å²) in [4.78, 5) is 68.1. The van der Waals surface area contributed by atoms with Crippen LogP contribution < -0.4 is 11.1 Å². The number of esters is 1. The summed E-state index contributed by atoms with van der Waals surface area (Å²) in [5.41, 5.74) is 4.50. The molecule has 3 aromatic rings. The molecule has 1 aromatic carbocycles. The molecular weight excluding hydrogens is 653 g/mol. The first-order chi connectivity index (χ1) is 21.7. The van der Waals surface area contributed by atoms with E-state index in [1.165, 1.54) is 47.7 Å². The average Bonchev–Trinajstić information content (AvgIpc) is 3.42. The summed E-state index contributed by atoms with van der Waals surface area (Å²) in [6, 6.07) is 8.56. The number of amides is 2. The van der Waals surface area contributed by atoms with Crippen LogP contribution in [0.3, 0.4) is 0 Å². The Morgan fingerprint density at radius 3 is 2.61 bits per heavy atom. The first kappa shape index (κ1) is 33.2. The van der Waals surface area contributed by atoms with Gasteiger partial charge in [-0.3, -0.25) is 19.5 Å². The number of carboxylic acids is 1. The van der Waals surface area contributed by atoms with E-state index in [-0.39, 0.29) is 22.2 Å². The molecule has 16 heteroatoms. The number of fused-ring (bicyclic) bond motifs is 2. The third kappa shape index (κ3) is 6.98. The number of benzene rings is 1. The summed E-state index contributed by atoms with van der Waals surface area (Å²) in [5, 5.41) is 18.7. The lowest BCUT2D eigenvalue weighted by Crippen LogP contribution is -2.71. The minimum Gasteiger partial charge on any atom is -0.477 e. The molecule has 0 radical (unpaired) electrons. The van der Waals surface area contributed by atoms with E-state index < -0.39 is 46.4 Å². The number of hydrogen-bond acceptors (Lipinski definition) is 13. The Bertz CT molecular complexity index is 1780. The highest BCUT2D eigenvalue weighted by atomic mass is 32.2. The van der Waals surface area contributed by atoms with E-state index in [9.17, 15) is 24.3 Å². The number of nitrogens with two attached hydrogens (primary N) is 1. The van der Waals surface area contributed by atoms with Crippen molar-refractivity contribution in [3.8, 4) is 0 Å². The van der Waals surface area contributed by atoms with Crippen molar-refractivity contribution >= 4 is 80.4 Å². The van der Waals surface area contributed by atoms with Crippen molar-refractivity contribution in [3.63, 3.8) is 0 Å². The number of para-hydroxylation sites is 1. The van der Waals surface area contributed by atoms with Crippen molar-refractivity contribution in [2.75, 3.05) is 17.2 Å². The zero-order valence-electron chi connectivity index (χ0n) is 25.6. The molecule has 242 valence electrons. The quantitative estimate of drug-likeness (QED) is 0.0927. The lowest BCUT2D eigenvalue weighted by atomic mass is 10.0. The molecule has 0 spiro atoms. The van der Waals surface area contributed by atoms with Crippen LogP contribution in [0.4, 0.5) is 5.13 Å². The fourth-order valence-corrected chi connectivity index (χ4v) is 7.63. The number of aromatic nitrogens is 2. The first-order valence-corrected chi connectivity index (χ1v) is 17.0. The van der Waals surface area contributed by atoms with Crippen molar-refractivity contribution < 1.29 is 33.9 Å². The highest BCUT2D eigenvalue weighted by molar-refractivity contribution is 8.01. The second kappa shape index (κ2) is 12.9. The third-order valence-corrected chi connectivity index (χ3v) is 9.92. The molecule has 2 atom stereocenters. The molecule has 2 amide bonds. The van der Waals surface area contributed by atoms with Crippen LogP contribution in [0, 0.1) is 0 Å². The largest absolute Gasteiger partial charge is 0.477 e. The van der Waals surface area contributed by atoms with Crippen LogP contribution in [0.1, 0.15) is 40.3 Å². The smallest absolute Gasteiger partial charge is 0.353 e. The number of thioether (sulfide) groups is 2. The Hall–Kier alpha value is -4.15. The van der Waals surface area contributed by atoms with Gasteiger partial charge in [0, 0.05) is 33.4 Å². The van der Waals surface area contributed by atoms with Crippen LogP contribution in [0.5, 0.6) is 0 Å². The standard InChI is InChI=1S/C30H32N6O7S3/c1-29(2,3)42-27(41)30(4,5)43-35-20(17-14-46-28(31)33-17)23(37)34-21-24(38)36-22(26(39)40)16(13-45-25(21)36)12-44-18-10-6-8-15-9-7-11-32-19(15)18/h6-11,14,21,25H,12-13H2,1-5H3,(H2,31,33)(H,34,37)(H,39,40)/b35-20-. The molecule has 5 rings (SSSR count). The molecule has 4 N–H and O–H groups in total. The van der Waals surface area contributed by atoms with Crippen molar-refractivity contribution in [1.29, 1.82) is 0 Å². The maximum Gasteiger partial charge on any atom is 0.353 e. The highest BCUT2D eigenvalue weighted by Crippen LogP contribution is 2.42. The van der Waals surface area contributed by atoms with Gasteiger partial charge in [0.2, 0.25) is 5.60 Å². The lowest BCUT2D eigenvalue weighted by molar-refractivity contribution is -0.179. The Morgan fingerprint density at radius 1 is 1.20 bits per heavy atom. The Kier molecular flexibility index (Phi) is 9.33. The van der Waals surface area contributed by atoms with E-state index in [2.05, 4.69) is 20.4 Å². The maximum absolute atomic E-state index is 13.5. The molecule has 0 saturated carbocycles. The zero-order chi connectivity index (χ0) is 33.4. The number of hydrogen-bond donors (Lipinski definition) is 3. The van der Waals surface area contributed by atoms with Gasteiger partial charge in [0.1, 0.15) is 28.4 Å². The number of β-lactam (4-membered cyclic amide) rings is 1. The number of rotatable bonds is 10.